The van der Waals surface area contributed by atoms with Crippen molar-refractivity contribution in [2.45, 2.75) is 11.3 Å². The maximum atomic E-state index is 10.7. The summed E-state index contributed by atoms with van der Waals surface area (Å²) in [5.41, 5.74) is -9.09. The third-order valence-corrected chi connectivity index (χ3v) is 3.85. The maximum absolute atomic E-state index is 10.7. The lowest BCUT2D eigenvalue weighted by Crippen LogP contribution is -2.62. The molecule has 0 spiro atoms. The van der Waals surface area contributed by atoms with Crippen LogP contribution >= 0.6 is 15.2 Å². The molecule has 0 aromatic rings. The highest BCUT2D eigenvalue weighted by Crippen LogP contribution is 2.57. The van der Waals surface area contributed by atoms with Crippen LogP contribution in [0.15, 0.2) is 0 Å². The number of carbonyl (C=O) groups is 1. The lowest BCUT2D eigenvalue weighted by atomic mass is 10.5. The molecule has 0 unspecified atom stereocenters. The third kappa shape index (κ3) is 3.78. The summed E-state index contributed by atoms with van der Waals surface area (Å²) in [6.07, 6.45) is 0. The van der Waals surface area contributed by atoms with E-state index < -0.39 is 43.9 Å². The molecule has 0 aromatic carbocycles. The Balaban J connectivity index is 5.94. The molecule has 13 nitrogen and oxygen atoms in total. The van der Waals surface area contributed by atoms with Crippen molar-refractivity contribution in [1.29, 1.82) is 0 Å². The molecule has 0 saturated carbocycles. The summed E-state index contributed by atoms with van der Waals surface area (Å²) < 4.78 is 21.5. The second-order valence-corrected chi connectivity index (χ2v) is 6.64. The van der Waals surface area contributed by atoms with Gasteiger partial charge >= 0.3 is 32.5 Å². The van der Waals surface area contributed by atoms with Crippen molar-refractivity contribution in [2.75, 3.05) is 6.54 Å². The van der Waals surface area contributed by atoms with Crippen molar-refractivity contribution in [2.24, 2.45) is 0 Å². The van der Waals surface area contributed by atoms with Gasteiger partial charge in [0.2, 0.25) is 0 Å². The van der Waals surface area contributed by atoms with Gasteiger partial charge in [0.05, 0.1) is 0 Å². The molecule has 0 aromatic heterocycles. The number of aliphatic carboxylic acids is 1. The highest BCUT2D eigenvalue weighted by molar-refractivity contribution is 7.54. The summed E-state index contributed by atoms with van der Waals surface area (Å²) in [5, 5.41) is 44.6. The van der Waals surface area contributed by atoms with E-state index in [9.17, 15) is 13.9 Å². The number of carboxylic acid groups (broad SMARTS) is 1. The Morgan fingerprint density at radius 3 is 1.32 bits per heavy atom. The van der Waals surface area contributed by atoms with E-state index in [0.29, 0.717) is 0 Å². The number of aliphatic hydroxyl groups is 4. The first-order valence-electron chi connectivity index (χ1n) is 4.05. The van der Waals surface area contributed by atoms with Crippen molar-refractivity contribution in [3.05, 3.63) is 0 Å². The van der Waals surface area contributed by atoms with Crippen LogP contribution in [0.5, 0.6) is 0 Å². The van der Waals surface area contributed by atoms with E-state index in [4.69, 9.17) is 45.1 Å². The van der Waals surface area contributed by atoms with Crippen LogP contribution in [0.2, 0.25) is 0 Å². The zero-order chi connectivity index (χ0) is 15.9. The molecule has 0 aliphatic rings. The van der Waals surface area contributed by atoms with Crippen LogP contribution in [0.25, 0.3) is 0 Å². The van der Waals surface area contributed by atoms with Gasteiger partial charge in [-0.1, -0.05) is 0 Å². The molecular formula is C4H11NO12P2. The van der Waals surface area contributed by atoms with Crippen molar-refractivity contribution in [1.82, 2.24) is 4.90 Å². The molecule has 0 aliphatic carbocycles. The third-order valence-electron chi connectivity index (χ3n) is 1.80. The Bertz CT molecular complexity index is 411. The minimum absolute atomic E-state index is 1.16. The average Bonchev–Trinajstić information content (AvgIpc) is 2.09. The summed E-state index contributed by atoms with van der Waals surface area (Å²) in [4.78, 5) is 43.4. The lowest BCUT2D eigenvalue weighted by molar-refractivity contribution is -0.323. The second kappa shape index (κ2) is 5.16. The standard InChI is InChI=1S/C4H11NO12P2/c6-2(7)1-5(3(8,9)18(12,13)14)4(10,11)19(15,16)17/h8-11H,1H2,(H,6,7)(H2,12,13,14)(H2,15,16,17). The van der Waals surface area contributed by atoms with E-state index in [1.807, 2.05) is 0 Å². The van der Waals surface area contributed by atoms with Crippen LogP contribution in [0.3, 0.4) is 0 Å². The number of hydrogen-bond donors (Lipinski definition) is 9. The molecule has 0 radical (unpaired) electrons. The summed E-state index contributed by atoms with van der Waals surface area (Å²) in [7, 11) is -12.1. The molecule has 0 saturated heterocycles. The smallest absolute Gasteiger partial charge is 0.401 e. The van der Waals surface area contributed by atoms with E-state index in [1.54, 1.807) is 0 Å². The zero-order valence-corrected chi connectivity index (χ0v) is 10.6. The molecular weight excluding hydrogens is 316 g/mol. The van der Waals surface area contributed by atoms with Crippen molar-refractivity contribution < 1.29 is 59.0 Å². The van der Waals surface area contributed by atoms with E-state index in [0.717, 1.165) is 0 Å². The van der Waals surface area contributed by atoms with Gasteiger partial charge in [-0.15, -0.1) is 0 Å². The first-order valence-corrected chi connectivity index (χ1v) is 7.28. The SMILES string of the molecule is O=C(O)CN(C(O)(O)P(=O)(O)O)C(O)(O)P(=O)(O)O. The predicted molar refractivity (Wildman–Crippen MR) is 52.8 cm³/mol. The number of hydrogen-bond acceptors (Lipinski definition) is 8. The lowest BCUT2D eigenvalue weighted by Gasteiger charge is -2.40. The molecule has 0 aliphatic heterocycles. The Kier molecular flexibility index (Phi) is 5.05. The van der Waals surface area contributed by atoms with Crippen molar-refractivity contribution >= 4 is 21.2 Å². The van der Waals surface area contributed by atoms with Crippen molar-refractivity contribution in [3.63, 3.8) is 0 Å². The summed E-state index contributed by atoms with van der Waals surface area (Å²) in [6, 6.07) is 0. The highest BCUT2D eigenvalue weighted by Gasteiger charge is 2.63. The molecule has 19 heavy (non-hydrogen) atoms. The molecule has 0 rings (SSSR count). The van der Waals surface area contributed by atoms with Crippen LogP contribution in [-0.4, -0.2) is 73.8 Å². The zero-order valence-electron chi connectivity index (χ0n) is 8.80. The van der Waals surface area contributed by atoms with Gasteiger partial charge in [0.1, 0.15) is 6.54 Å². The van der Waals surface area contributed by atoms with Crippen LogP contribution in [-0.2, 0) is 13.9 Å². The van der Waals surface area contributed by atoms with E-state index in [2.05, 4.69) is 0 Å². The topological polar surface area (TPSA) is 237 Å². The summed E-state index contributed by atoms with van der Waals surface area (Å²) in [5.74, 6) is -2.10. The molecule has 114 valence electrons. The van der Waals surface area contributed by atoms with Crippen LogP contribution in [0, 0.1) is 0 Å². The minimum atomic E-state index is -6.04. The largest absolute Gasteiger partial charge is 0.480 e. The van der Waals surface area contributed by atoms with Gasteiger partial charge in [0, 0.05) is 0 Å². The van der Waals surface area contributed by atoms with Gasteiger partial charge < -0.3 is 45.1 Å². The molecule has 0 heterocycles. The molecule has 0 amide bonds. The van der Waals surface area contributed by atoms with Gasteiger partial charge in [0.25, 0.3) is 0 Å². The summed E-state index contributed by atoms with van der Waals surface area (Å²) in [6.45, 7) is -1.92. The predicted octanol–water partition coefficient (Wildman–Crippen LogP) is -4.08. The molecule has 0 atom stereocenters. The minimum Gasteiger partial charge on any atom is -0.480 e. The van der Waals surface area contributed by atoms with Crippen molar-refractivity contribution in [3.8, 4) is 0 Å². The Morgan fingerprint density at radius 1 is 0.895 bits per heavy atom. The van der Waals surface area contributed by atoms with E-state index in [1.165, 1.54) is 0 Å². The second-order valence-electron chi connectivity index (χ2n) is 3.27. The van der Waals surface area contributed by atoms with Gasteiger partial charge in [-0.05, 0) is 0 Å². The van der Waals surface area contributed by atoms with Crippen LogP contribution < -0.4 is 0 Å². The first kappa shape index (κ1) is 18.6. The molecule has 9 N–H and O–H groups in total. The fourth-order valence-corrected chi connectivity index (χ4v) is 1.99. The first-order chi connectivity index (χ1) is 8.05. The highest BCUT2D eigenvalue weighted by atomic mass is 31.2. The van der Waals surface area contributed by atoms with Gasteiger partial charge in [-0.2, -0.15) is 4.90 Å². The van der Waals surface area contributed by atoms with E-state index in [-0.39, 0.29) is 0 Å². The monoisotopic (exact) mass is 327 g/mol. The Hall–Kier alpha value is -0.430. The Labute approximate surface area is 104 Å². The Morgan fingerprint density at radius 2 is 1.16 bits per heavy atom. The average molecular weight is 327 g/mol. The van der Waals surface area contributed by atoms with Gasteiger partial charge in [-0.25, -0.2) is 0 Å². The quantitative estimate of drug-likeness (QED) is 0.167. The fraction of sp³-hybridized carbons (Fsp3) is 0.750. The van der Waals surface area contributed by atoms with Gasteiger partial charge in [-0.3, -0.25) is 13.9 Å². The number of nitrogens with zero attached hydrogens (tertiary/aromatic N) is 1. The molecule has 15 heteroatoms. The molecule has 0 fully saturated rings. The van der Waals surface area contributed by atoms with Crippen LogP contribution in [0.1, 0.15) is 0 Å². The van der Waals surface area contributed by atoms with E-state index >= 15 is 0 Å². The normalized spacial score (nSPS) is 14.8. The summed E-state index contributed by atoms with van der Waals surface area (Å²) >= 11 is 0. The fourth-order valence-electron chi connectivity index (χ4n) is 0.863. The number of rotatable bonds is 6. The maximum Gasteiger partial charge on any atom is 0.401 e. The number of carboxylic acids is 1. The van der Waals surface area contributed by atoms with Crippen LogP contribution in [0.4, 0.5) is 0 Å². The molecule has 0 bridgehead atoms. The van der Waals surface area contributed by atoms with Gasteiger partial charge in [0.15, 0.2) is 0 Å².